The summed E-state index contributed by atoms with van der Waals surface area (Å²) in [5.41, 5.74) is 2.71. The van der Waals surface area contributed by atoms with E-state index < -0.39 is 0 Å². The topological polar surface area (TPSA) is 65.5 Å². The highest BCUT2D eigenvalue weighted by molar-refractivity contribution is 5.95. The van der Waals surface area contributed by atoms with E-state index in [1.165, 1.54) is 0 Å². The Morgan fingerprint density at radius 3 is 2.29 bits per heavy atom. The van der Waals surface area contributed by atoms with Crippen LogP contribution in [0.5, 0.6) is 0 Å². The van der Waals surface area contributed by atoms with Gasteiger partial charge in [0.05, 0.1) is 0 Å². The van der Waals surface area contributed by atoms with E-state index in [1.807, 2.05) is 29.2 Å². The number of hydrogen-bond acceptors (Lipinski definition) is 4. The van der Waals surface area contributed by atoms with Gasteiger partial charge in [-0.3, -0.25) is 14.6 Å². The molecule has 144 valence electrons. The molecule has 1 aliphatic heterocycles. The number of benzene rings is 1. The van der Waals surface area contributed by atoms with Crippen molar-refractivity contribution in [3.8, 4) is 0 Å². The normalized spacial score (nSPS) is 17.0. The number of piperazine rings is 1. The van der Waals surface area contributed by atoms with Crippen molar-refractivity contribution in [2.24, 2.45) is 0 Å². The van der Waals surface area contributed by atoms with Gasteiger partial charge in [0.25, 0.3) is 5.91 Å². The van der Waals surface area contributed by atoms with Crippen LogP contribution in [-0.2, 0) is 4.79 Å². The molecule has 1 N–H and O–H groups in total. The molecule has 2 amide bonds. The van der Waals surface area contributed by atoms with Gasteiger partial charge in [0.1, 0.15) is 0 Å². The molecule has 0 spiro atoms. The van der Waals surface area contributed by atoms with Crippen LogP contribution in [0.15, 0.2) is 54.9 Å². The van der Waals surface area contributed by atoms with Gasteiger partial charge in [-0.1, -0.05) is 12.1 Å². The zero-order valence-electron chi connectivity index (χ0n) is 15.8. The molecule has 0 bridgehead atoms. The lowest BCUT2D eigenvalue weighted by Gasteiger charge is -2.35. The van der Waals surface area contributed by atoms with E-state index in [9.17, 15) is 9.59 Å². The molecule has 1 saturated heterocycles. The molecule has 6 nitrogen and oxygen atoms in total. The maximum absolute atomic E-state index is 12.5. The second kappa shape index (κ2) is 8.25. The van der Waals surface area contributed by atoms with Crippen molar-refractivity contribution in [3.63, 3.8) is 0 Å². The lowest BCUT2D eigenvalue weighted by molar-refractivity contribution is -0.126. The van der Waals surface area contributed by atoms with Gasteiger partial charge in [0, 0.05) is 61.9 Å². The first-order valence-corrected chi connectivity index (χ1v) is 9.72. The smallest absolute Gasteiger partial charge is 0.251 e. The number of hydrogen-bond donors (Lipinski definition) is 1. The maximum Gasteiger partial charge on any atom is 0.251 e. The summed E-state index contributed by atoms with van der Waals surface area (Å²) in [6.45, 7) is 3.03. The van der Waals surface area contributed by atoms with Gasteiger partial charge in [-0.25, -0.2) is 0 Å². The lowest BCUT2D eigenvalue weighted by atomic mass is 10.1. The maximum atomic E-state index is 12.5. The Bertz CT molecular complexity index is 852. The Morgan fingerprint density at radius 1 is 0.964 bits per heavy atom. The highest BCUT2D eigenvalue weighted by Gasteiger charge is 2.23. The number of pyridine rings is 1. The highest BCUT2D eigenvalue weighted by atomic mass is 16.2. The van der Waals surface area contributed by atoms with Crippen molar-refractivity contribution >= 4 is 23.6 Å². The standard InChI is InChI=1S/C22H24N4O2/c27-21(26-15-13-25(14-16-26)20-9-11-23-12-10-20)8-3-17-1-4-18(5-2-17)22(28)24-19-6-7-19/h1-5,8-12,19H,6-7,13-16H2,(H,24,28)/b8-3+. The van der Waals surface area contributed by atoms with Crippen LogP contribution < -0.4 is 10.2 Å². The first-order chi connectivity index (χ1) is 13.7. The molecule has 0 radical (unpaired) electrons. The summed E-state index contributed by atoms with van der Waals surface area (Å²) in [7, 11) is 0. The second-order valence-corrected chi connectivity index (χ2v) is 7.22. The summed E-state index contributed by atoms with van der Waals surface area (Å²) >= 11 is 0. The van der Waals surface area contributed by atoms with E-state index in [0.29, 0.717) is 24.7 Å². The van der Waals surface area contributed by atoms with Gasteiger partial charge in [0.15, 0.2) is 0 Å². The van der Waals surface area contributed by atoms with Crippen molar-refractivity contribution < 1.29 is 9.59 Å². The van der Waals surface area contributed by atoms with Gasteiger partial charge < -0.3 is 15.1 Å². The Labute approximate surface area is 164 Å². The van der Waals surface area contributed by atoms with Crippen molar-refractivity contribution in [1.82, 2.24) is 15.2 Å². The minimum absolute atomic E-state index is 0.0185. The van der Waals surface area contributed by atoms with Crippen molar-refractivity contribution in [2.45, 2.75) is 18.9 Å². The lowest BCUT2D eigenvalue weighted by Crippen LogP contribution is -2.48. The van der Waals surface area contributed by atoms with E-state index in [2.05, 4.69) is 15.2 Å². The van der Waals surface area contributed by atoms with E-state index in [0.717, 1.165) is 37.2 Å². The van der Waals surface area contributed by atoms with Gasteiger partial charge in [0.2, 0.25) is 5.91 Å². The summed E-state index contributed by atoms with van der Waals surface area (Å²) in [6, 6.07) is 11.7. The summed E-state index contributed by atoms with van der Waals surface area (Å²) in [5.74, 6) is -0.00824. The predicted molar refractivity (Wildman–Crippen MR) is 109 cm³/mol. The Balaban J connectivity index is 1.28. The molecule has 6 heteroatoms. The van der Waals surface area contributed by atoms with Crippen LogP contribution in [0.25, 0.3) is 6.08 Å². The molecule has 0 unspecified atom stereocenters. The Morgan fingerprint density at radius 2 is 1.64 bits per heavy atom. The van der Waals surface area contributed by atoms with Crippen LogP contribution in [-0.4, -0.2) is 53.9 Å². The van der Waals surface area contributed by atoms with E-state index in [4.69, 9.17) is 0 Å². The molecule has 1 saturated carbocycles. The Hall–Kier alpha value is -3.15. The van der Waals surface area contributed by atoms with Crippen LogP contribution in [0.2, 0.25) is 0 Å². The zero-order valence-corrected chi connectivity index (χ0v) is 15.8. The average molecular weight is 376 g/mol. The van der Waals surface area contributed by atoms with Crippen molar-refractivity contribution in [3.05, 3.63) is 66.0 Å². The molecule has 0 atom stereocenters. The van der Waals surface area contributed by atoms with Gasteiger partial charge >= 0.3 is 0 Å². The number of nitrogens with one attached hydrogen (secondary N) is 1. The molecule has 2 aliphatic rings. The summed E-state index contributed by atoms with van der Waals surface area (Å²) in [6.07, 6.45) is 9.14. The average Bonchev–Trinajstić information content (AvgIpc) is 3.57. The highest BCUT2D eigenvalue weighted by Crippen LogP contribution is 2.19. The number of aromatic nitrogens is 1. The van der Waals surface area contributed by atoms with Crippen LogP contribution in [0.4, 0.5) is 5.69 Å². The van der Waals surface area contributed by atoms with E-state index in [-0.39, 0.29) is 11.8 Å². The van der Waals surface area contributed by atoms with Crippen LogP contribution in [0.1, 0.15) is 28.8 Å². The third-order valence-corrected chi connectivity index (χ3v) is 5.12. The number of rotatable bonds is 5. The Kier molecular flexibility index (Phi) is 5.37. The molecule has 1 aromatic heterocycles. The quantitative estimate of drug-likeness (QED) is 0.814. The summed E-state index contributed by atoms with van der Waals surface area (Å²) in [4.78, 5) is 32.7. The molecule has 28 heavy (non-hydrogen) atoms. The molecule has 1 aromatic carbocycles. The minimum Gasteiger partial charge on any atom is -0.368 e. The minimum atomic E-state index is -0.0267. The third kappa shape index (κ3) is 4.57. The van der Waals surface area contributed by atoms with Crippen molar-refractivity contribution in [2.75, 3.05) is 31.1 Å². The SMILES string of the molecule is O=C(NC1CC1)c1ccc(/C=C/C(=O)N2CCN(c3ccncc3)CC2)cc1. The second-order valence-electron chi connectivity index (χ2n) is 7.22. The molecule has 2 aromatic rings. The van der Waals surface area contributed by atoms with Crippen LogP contribution in [0, 0.1) is 0 Å². The molecule has 2 heterocycles. The van der Waals surface area contributed by atoms with Crippen molar-refractivity contribution in [1.29, 1.82) is 0 Å². The van der Waals surface area contributed by atoms with E-state index in [1.54, 1.807) is 36.7 Å². The number of carbonyl (C=O) groups excluding carboxylic acids is 2. The molecular weight excluding hydrogens is 352 g/mol. The van der Waals surface area contributed by atoms with Crippen LogP contribution >= 0.6 is 0 Å². The number of amides is 2. The molecule has 1 aliphatic carbocycles. The summed E-state index contributed by atoms with van der Waals surface area (Å²) in [5, 5.41) is 2.97. The predicted octanol–water partition coefficient (Wildman–Crippen LogP) is 2.34. The van der Waals surface area contributed by atoms with Gasteiger partial charge in [-0.15, -0.1) is 0 Å². The number of carbonyl (C=O) groups is 2. The van der Waals surface area contributed by atoms with Gasteiger partial charge in [-0.05, 0) is 48.7 Å². The fraction of sp³-hybridized carbons (Fsp3) is 0.318. The summed E-state index contributed by atoms with van der Waals surface area (Å²) < 4.78 is 0. The first-order valence-electron chi connectivity index (χ1n) is 9.72. The largest absolute Gasteiger partial charge is 0.368 e. The monoisotopic (exact) mass is 376 g/mol. The van der Waals surface area contributed by atoms with Gasteiger partial charge in [-0.2, -0.15) is 0 Å². The van der Waals surface area contributed by atoms with E-state index >= 15 is 0 Å². The fourth-order valence-electron chi connectivity index (χ4n) is 3.25. The number of nitrogens with zero attached hydrogens (tertiary/aromatic N) is 3. The first kappa shape index (κ1) is 18.2. The number of anilines is 1. The molecule has 2 fully saturated rings. The molecule has 4 rings (SSSR count). The molecular formula is C22H24N4O2. The fourth-order valence-corrected chi connectivity index (χ4v) is 3.25. The zero-order chi connectivity index (χ0) is 19.3. The third-order valence-electron chi connectivity index (χ3n) is 5.12. The van der Waals surface area contributed by atoms with Crippen LogP contribution in [0.3, 0.4) is 0 Å².